The molecule has 0 heterocycles. The molecule has 1 aliphatic rings. The van der Waals surface area contributed by atoms with Gasteiger partial charge < -0.3 is 10.2 Å². The van der Waals surface area contributed by atoms with Gasteiger partial charge >= 0.3 is 6.18 Å². The number of rotatable bonds is 12. The Morgan fingerprint density at radius 2 is 1.60 bits per heavy atom. The maximum atomic E-state index is 14.2. The van der Waals surface area contributed by atoms with Gasteiger partial charge in [0.25, 0.3) is 10.0 Å². The van der Waals surface area contributed by atoms with Crippen molar-refractivity contribution in [3.8, 4) is 0 Å². The van der Waals surface area contributed by atoms with Crippen molar-refractivity contribution in [2.45, 2.75) is 81.9 Å². The van der Waals surface area contributed by atoms with Gasteiger partial charge in [-0.15, -0.1) is 0 Å². The monoisotopic (exact) mass is 643 g/mol. The molecular formula is C34H40F3N3O4S. The van der Waals surface area contributed by atoms with Crippen LogP contribution in [0.3, 0.4) is 0 Å². The molecule has 0 aromatic heterocycles. The minimum Gasteiger partial charge on any atom is -0.352 e. The third kappa shape index (κ3) is 8.87. The summed E-state index contributed by atoms with van der Waals surface area (Å²) < 4.78 is 69.7. The second-order valence-corrected chi connectivity index (χ2v) is 13.3. The van der Waals surface area contributed by atoms with Crippen LogP contribution < -0.4 is 9.62 Å². The molecule has 45 heavy (non-hydrogen) atoms. The molecule has 0 bridgehead atoms. The first-order chi connectivity index (χ1) is 21.4. The van der Waals surface area contributed by atoms with E-state index in [0.717, 1.165) is 61.4 Å². The summed E-state index contributed by atoms with van der Waals surface area (Å²) in [6.45, 7) is 2.87. The molecule has 0 saturated heterocycles. The topological polar surface area (TPSA) is 86.8 Å². The Balaban J connectivity index is 1.71. The van der Waals surface area contributed by atoms with E-state index in [2.05, 4.69) is 5.32 Å². The highest BCUT2D eigenvalue weighted by molar-refractivity contribution is 7.92. The van der Waals surface area contributed by atoms with Crippen molar-refractivity contribution in [3.63, 3.8) is 0 Å². The first kappa shape index (κ1) is 34.0. The molecule has 1 saturated carbocycles. The van der Waals surface area contributed by atoms with Crippen LogP contribution in [0.2, 0.25) is 0 Å². The number of aryl methyl sites for hydroxylation is 1. The zero-order chi connectivity index (χ0) is 32.6. The molecule has 3 aromatic rings. The van der Waals surface area contributed by atoms with E-state index in [0.29, 0.717) is 10.7 Å². The molecule has 1 aliphatic carbocycles. The number of nitrogens with one attached hydrogen (secondary N) is 1. The predicted octanol–water partition coefficient (Wildman–Crippen LogP) is 6.51. The van der Waals surface area contributed by atoms with E-state index >= 15 is 0 Å². The number of carbonyl (C=O) groups is 2. The number of carbonyl (C=O) groups excluding carboxylic acids is 2. The number of nitrogens with zero attached hydrogens (tertiary/aromatic N) is 2. The molecule has 1 fully saturated rings. The van der Waals surface area contributed by atoms with Gasteiger partial charge in [0.1, 0.15) is 12.6 Å². The lowest BCUT2D eigenvalue weighted by Crippen LogP contribution is -2.54. The molecule has 3 aromatic carbocycles. The molecule has 0 unspecified atom stereocenters. The van der Waals surface area contributed by atoms with Gasteiger partial charge in [0.15, 0.2) is 0 Å². The molecule has 1 N–H and O–H groups in total. The summed E-state index contributed by atoms with van der Waals surface area (Å²) in [5, 5.41) is 3.08. The molecule has 0 aliphatic heterocycles. The summed E-state index contributed by atoms with van der Waals surface area (Å²) in [6, 6.07) is 18.2. The highest BCUT2D eigenvalue weighted by Gasteiger charge is 2.36. The Bertz CT molecular complexity index is 1540. The molecule has 11 heteroatoms. The van der Waals surface area contributed by atoms with E-state index in [4.69, 9.17) is 0 Å². The van der Waals surface area contributed by atoms with E-state index in [9.17, 15) is 31.2 Å². The van der Waals surface area contributed by atoms with Crippen molar-refractivity contribution in [1.82, 2.24) is 10.2 Å². The average molecular weight is 644 g/mol. The van der Waals surface area contributed by atoms with Crippen molar-refractivity contribution >= 4 is 27.5 Å². The normalized spacial score (nSPS) is 14.9. The Hall–Kier alpha value is -3.86. The van der Waals surface area contributed by atoms with Crippen LogP contribution >= 0.6 is 0 Å². The number of hydrogen-bond acceptors (Lipinski definition) is 4. The Morgan fingerprint density at radius 3 is 2.22 bits per heavy atom. The number of anilines is 1. The first-order valence-electron chi connectivity index (χ1n) is 15.3. The fourth-order valence-electron chi connectivity index (χ4n) is 5.64. The summed E-state index contributed by atoms with van der Waals surface area (Å²) >= 11 is 0. The summed E-state index contributed by atoms with van der Waals surface area (Å²) in [5.74, 6) is -1.01. The fraction of sp³-hybridized carbons (Fsp3) is 0.412. The lowest BCUT2D eigenvalue weighted by Gasteiger charge is -2.34. The van der Waals surface area contributed by atoms with Crippen LogP contribution in [-0.4, -0.2) is 50.3 Å². The zero-order valence-corrected chi connectivity index (χ0v) is 26.4. The standard InChI is InChI=1S/C34H40F3N3O4S/c1-3-31(33(42)38-28-14-8-5-9-15-28)39(22-21-26-11-6-4-7-12-26)32(41)24-40(29-16-10-13-27(23-29)34(35,36)37)45(43,44)30-19-17-25(2)18-20-30/h4,6-7,10-13,16-20,23,28,31H,3,5,8-9,14-15,21-22,24H2,1-2H3,(H,38,42)/t31-/m0/s1. The smallest absolute Gasteiger partial charge is 0.352 e. The molecule has 1 atom stereocenters. The summed E-state index contributed by atoms with van der Waals surface area (Å²) in [7, 11) is -4.49. The molecular weight excluding hydrogens is 603 g/mol. The molecule has 7 nitrogen and oxygen atoms in total. The second-order valence-electron chi connectivity index (χ2n) is 11.5. The highest BCUT2D eigenvalue weighted by atomic mass is 32.2. The Morgan fingerprint density at radius 1 is 0.933 bits per heavy atom. The molecule has 0 spiro atoms. The van der Waals surface area contributed by atoms with Crippen LogP contribution in [0.25, 0.3) is 0 Å². The average Bonchev–Trinajstić information content (AvgIpc) is 3.02. The zero-order valence-electron chi connectivity index (χ0n) is 25.6. The van der Waals surface area contributed by atoms with Crippen molar-refractivity contribution < 1.29 is 31.2 Å². The number of amides is 2. The van der Waals surface area contributed by atoms with Gasteiger partial charge in [0.2, 0.25) is 11.8 Å². The van der Waals surface area contributed by atoms with Crippen molar-refractivity contribution in [2.75, 3.05) is 17.4 Å². The van der Waals surface area contributed by atoms with Gasteiger partial charge in [-0.25, -0.2) is 8.42 Å². The third-order valence-corrected chi connectivity index (χ3v) is 9.96. The van der Waals surface area contributed by atoms with Crippen molar-refractivity contribution in [3.05, 3.63) is 95.6 Å². The maximum absolute atomic E-state index is 14.2. The minimum atomic E-state index is -4.73. The van der Waals surface area contributed by atoms with E-state index in [1.165, 1.54) is 23.1 Å². The molecule has 2 amide bonds. The van der Waals surface area contributed by atoms with Crippen LogP contribution in [0.5, 0.6) is 0 Å². The number of benzene rings is 3. The number of halogens is 3. The lowest BCUT2D eigenvalue weighted by molar-refractivity contribution is -0.140. The fourth-order valence-corrected chi connectivity index (χ4v) is 7.05. The van der Waals surface area contributed by atoms with Crippen LogP contribution in [-0.2, 0) is 32.2 Å². The van der Waals surface area contributed by atoms with Gasteiger partial charge in [-0.05, 0) is 68.5 Å². The van der Waals surface area contributed by atoms with Crippen LogP contribution in [0, 0.1) is 6.92 Å². The molecule has 0 radical (unpaired) electrons. The SMILES string of the molecule is CC[C@@H](C(=O)NC1CCCCC1)N(CCc1ccccc1)C(=O)CN(c1cccc(C(F)(F)F)c1)S(=O)(=O)c1ccc(C)cc1. The quantitative estimate of drug-likeness (QED) is 0.244. The van der Waals surface area contributed by atoms with Gasteiger partial charge in [-0.2, -0.15) is 13.2 Å². The van der Waals surface area contributed by atoms with Crippen molar-refractivity contribution in [1.29, 1.82) is 0 Å². The van der Waals surface area contributed by atoms with Crippen LogP contribution in [0.4, 0.5) is 18.9 Å². The van der Waals surface area contributed by atoms with E-state index in [-0.39, 0.29) is 35.5 Å². The van der Waals surface area contributed by atoms with Crippen LogP contribution in [0.1, 0.15) is 62.1 Å². The highest BCUT2D eigenvalue weighted by Crippen LogP contribution is 2.33. The number of sulfonamides is 1. The third-order valence-electron chi connectivity index (χ3n) is 8.17. The van der Waals surface area contributed by atoms with E-state index in [1.807, 2.05) is 30.3 Å². The largest absolute Gasteiger partial charge is 0.416 e. The Kier molecular flexibility index (Phi) is 11.3. The van der Waals surface area contributed by atoms with Gasteiger partial charge in [0.05, 0.1) is 16.1 Å². The van der Waals surface area contributed by atoms with Crippen molar-refractivity contribution in [2.24, 2.45) is 0 Å². The van der Waals surface area contributed by atoms with E-state index in [1.54, 1.807) is 26.0 Å². The summed E-state index contributed by atoms with van der Waals surface area (Å²) in [6.07, 6.45) is 0.734. The molecule has 242 valence electrons. The minimum absolute atomic E-state index is 0.00472. The predicted molar refractivity (Wildman–Crippen MR) is 168 cm³/mol. The van der Waals surface area contributed by atoms with Gasteiger partial charge in [0, 0.05) is 12.6 Å². The summed E-state index contributed by atoms with van der Waals surface area (Å²) in [5.41, 5.74) is 0.356. The Labute approximate surface area is 263 Å². The van der Waals surface area contributed by atoms with Gasteiger partial charge in [-0.3, -0.25) is 13.9 Å². The number of hydrogen-bond donors (Lipinski definition) is 1. The van der Waals surface area contributed by atoms with E-state index < -0.39 is 40.3 Å². The maximum Gasteiger partial charge on any atom is 0.416 e. The molecule has 4 rings (SSSR count). The summed E-state index contributed by atoms with van der Waals surface area (Å²) in [4.78, 5) is 29.0. The first-order valence-corrected chi connectivity index (χ1v) is 16.7. The lowest BCUT2D eigenvalue weighted by atomic mass is 9.95. The second kappa shape index (κ2) is 14.9. The number of alkyl halides is 3. The van der Waals surface area contributed by atoms with Crippen LogP contribution in [0.15, 0.2) is 83.8 Å². The van der Waals surface area contributed by atoms with Gasteiger partial charge in [-0.1, -0.05) is 80.3 Å².